The average molecular weight is 270 g/mol. The normalized spacial score (nSPS) is 10.3. The second kappa shape index (κ2) is 7.48. The van der Waals surface area contributed by atoms with Crippen LogP contribution in [0.4, 0.5) is 11.6 Å². The summed E-state index contributed by atoms with van der Waals surface area (Å²) in [5.74, 6) is 1.83. The minimum atomic E-state index is 0.866. The van der Waals surface area contributed by atoms with Crippen molar-refractivity contribution in [2.24, 2.45) is 0 Å². The molecule has 0 atom stereocenters. The van der Waals surface area contributed by atoms with Crippen LogP contribution in [-0.2, 0) is 6.42 Å². The Kier molecular flexibility index (Phi) is 5.35. The predicted octanol–water partition coefficient (Wildman–Crippen LogP) is 3.26. The second-order valence-electron chi connectivity index (χ2n) is 4.74. The molecule has 2 aromatic rings. The van der Waals surface area contributed by atoms with Crippen LogP contribution >= 0.6 is 0 Å². The molecule has 20 heavy (non-hydrogen) atoms. The standard InChI is InChI=1S/C16H22N4/c1-3-17-15-13(2)16(20-12-19-15)18-11-7-10-14-8-5-4-6-9-14/h4-6,8-9,12H,3,7,10-11H2,1-2H3,(H2,17,18,19,20). The van der Waals surface area contributed by atoms with Gasteiger partial charge in [-0.05, 0) is 32.3 Å². The third kappa shape index (κ3) is 3.95. The summed E-state index contributed by atoms with van der Waals surface area (Å²) in [5, 5.41) is 6.63. The van der Waals surface area contributed by atoms with E-state index in [1.807, 2.05) is 13.0 Å². The molecule has 1 heterocycles. The highest BCUT2D eigenvalue weighted by atomic mass is 15.1. The number of aryl methyl sites for hydroxylation is 1. The average Bonchev–Trinajstić information content (AvgIpc) is 2.48. The summed E-state index contributed by atoms with van der Waals surface area (Å²) in [6.45, 7) is 5.88. The maximum absolute atomic E-state index is 4.30. The topological polar surface area (TPSA) is 49.8 Å². The van der Waals surface area contributed by atoms with E-state index in [4.69, 9.17) is 0 Å². The molecule has 2 rings (SSSR count). The van der Waals surface area contributed by atoms with Crippen molar-refractivity contribution >= 4 is 11.6 Å². The van der Waals surface area contributed by atoms with Gasteiger partial charge in [0.1, 0.15) is 18.0 Å². The Morgan fingerprint density at radius 1 is 1.00 bits per heavy atom. The first-order valence-corrected chi connectivity index (χ1v) is 7.14. The molecule has 4 nitrogen and oxygen atoms in total. The number of nitrogens with zero attached hydrogens (tertiary/aromatic N) is 2. The van der Waals surface area contributed by atoms with E-state index in [0.717, 1.165) is 43.1 Å². The van der Waals surface area contributed by atoms with Crippen molar-refractivity contribution in [2.75, 3.05) is 23.7 Å². The fourth-order valence-corrected chi connectivity index (χ4v) is 2.12. The Balaban J connectivity index is 1.83. The molecule has 0 aliphatic carbocycles. The van der Waals surface area contributed by atoms with Gasteiger partial charge in [0, 0.05) is 18.7 Å². The molecule has 0 unspecified atom stereocenters. The van der Waals surface area contributed by atoms with Gasteiger partial charge < -0.3 is 10.6 Å². The van der Waals surface area contributed by atoms with Gasteiger partial charge in [0.25, 0.3) is 0 Å². The number of aromatic nitrogens is 2. The summed E-state index contributed by atoms with van der Waals surface area (Å²) in [6, 6.07) is 10.5. The molecule has 0 aliphatic heterocycles. The molecule has 0 bridgehead atoms. The number of anilines is 2. The molecule has 106 valence electrons. The Morgan fingerprint density at radius 3 is 2.40 bits per heavy atom. The Labute approximate surface area is 120 Å². The minimum Gasteiger partial charge on any atom is -0.370 e. The number of benzene rings is 1. The first-order chi connectivity index (χ1) is 9.81. The first-order valence-electron chi connectivity index (χ1n) is 7.14. The van der Waals surface area contributed by atoms with Crippen LogP contribution in [0.1, 0.15) is 24.5 Å². The van der Waals surface area contributed by atoms with Gasteiger partial charge in [-0.15, -0.1) is 0 Å². The lowest BCUT2D eigenvalue weighted by molar-refractivity contribution is 0.856. The van der Waals surface area contributed by atoms with Crippen LogP contribution in [0.15, 0.2) is 36.7 Å². The van der Waals surface area contributed by atoms with Crippen LogP contribution in [-0.4, -0.2) is 23.1 Å². The van der Waals surface area contributed by atoms with Gasteiger partial charge in [-0.1, -0.05) is 30.3 Å². The predicted molar refractivity (Wildman–Crippen MR) is 84.2 cm³/mol. The summed E-state index contributed by atoms with van der Waals surface area (Å²) < 4.78 is 0. The molecule has 0 saturated carbocycles. The summed E-state index contributed by atoms with van der Waals surface area (Å²) in [4.78, 5) is 8.55. The van der Waals surface area contributed by atoms with Crippen LogP contribution in [0.2, 0.25) is 0 Å². The van der Waals surface area contributed by atoms with Crippen LogP contribution in [0.25, 0.3) is 0 Å². The molecular formula is C16H22N4. The second-order valence-corrected chi connectivity index (χ2v) is 4.74. The van der Waals surface area contributed by atoms with Gasteiger partial charge in [-0.3, -0.25) is 0 Å². The van der Waals surface area contributed by atoms with Crippen molar-refractivity contribution in [3.8, 4) is 0 Å². The van der Waals surface area contributed by atoms with Crippen LogP contribution in [0.5, 0.6) is 0 Å². The number of rotatable bonds is 7. The molecule has 0 saturated heterocycles. The van der Waals surface area contributed by atoms with E-state index >= 15 is 0 Å². The third-order valence-corrected chi connectivity index (χ3v) is 3.21. The van der Waals surface area contributed by atoms with Gasteiger partial charge in [-0.2, -0.15) is 0 Å². The molecule has 0 amide bonds. The van der Waals surface area contributed by atoms with E-state index in [-0.39, 0.29) is 0 Å². The zero-order valence-electron chi connectivity index (χ0n) is 12.2. The van der Waals surface area contributed by atoms with E-state index in [1.54, 1.807) is 6.33 Å². The van der Waals surface area contributed by atoms with E-state index in [2.05, 4.69) is 51.8 Å². The number of hydrogen-bond acceptors (Lipinski definition) is 4. The molecule has 4 heteroatoms. The molecule has 1 aromatic heterocycles. The van der Waals surface area contributed by atoms with E-state index < -0.39 is 0 Å². The van der Waals surface area contributed by atoms with E-state index in [9.17, 15) is 0 Å². The smallest absolute Gasteiger partial charge is 0.134 e. The van der Waals surface area contributed by atoms with Crippen molar-refractivity contribution in [1.82, 2.24) is 9.97 Å². The van der Waals surface area contributed by atoms with Crippen molar-refractivity contribution < 1.29 is 0 Å². The number of hydrogen-bond donors (Lipinski definition) is 2. The van der Waals surface area contributed by atoms with E-state index in [1.165, 1.54) is 5.56 Å². The Morgan fingerprint density at radius 2 is 1.70 bits per heavy atom. The SMILES string of the molecule is CCNc1ncnc(NCCCc2ccccc2)c1C. The van der Waals surface area contributed by atoms with Crippen molar-refractivity contribution in [3.05, 3.63) is 47.8 Å². The van der Waals surface area contributed by atoms with Crippen molar-refractivity contribution in [3.63, 3.8) is 0 Å². The summed E-state index contributed by atoms with van der Waals surface area (Å²) in [5.41, 5.74) is 2.45. The Hall–Kier alpha value is -2.10. The van der Waals surface area contributed by atoms with E-state index in [0.29, 0.717) is 0 Å². The van der Waals surface area contributed by atoms with Gasteiger partial charge >= 0.3 is 0 Å². The Bertz CT molecular complexity index is 525. The zero-order chi connectivity index (χ0) is 14.2. The lowest BCUT2D eigenvalue weighted by Crippen LogP contribution is -2.09. The molecular weight excluding hydrogens is 248 g/mol. The fraction of sp³-hybridized carbons (Fsp3) is 0.375. The van der Waals surface area contributed by atoms with Gasteiger partial charge in [-0.25, -0.2) is 9.97 Å². The molecule has 0 aliphatic rings. The number of nitrogens with one attached hydrogen (secondary N) is 2. The third-order valence-electron chi connectivity index (χ3n) is 3.21. The molecule has 1 aromatic carbocycles. The monoisotopic (exact) mass is 270 g/mol. The highest BCUT2D eigenvalue weighted by Crippen LogP contribution is 2.17. The fourth-order valence-electron chi connectivity index (χ4n) is 2.12. The molecule has 0 fully saturated rings. The molecule has 0 radical (unpaired) electrons. The van der Waals surface area contributed by atoms with Crippen LogP contribution in [0, 0.1) is 6.92 Å². The van der Waals surface area contributed by atoms with Gasteiger partial charge in [0.15, 0.2) is 0 Å². The first kappa shape index (κ1) is 14.3. The highest BCUT2D eigenvalue weighted by Gasteiger charge is 2.05. The zero-order valence-corrected chi connectivity index (χ0v) is 12.2. The molecule has 0 spiro atoms. The van der Waals surface area contributed by atoms with Gasteiger partial charge in [0.05, 0.1) is 0 Å². The van der Waals surface area contributed by atoms with Gasteiger partial charge in [0.2, 0.25) is 0 Å². The maximum Gasteiger partial charge on any atom is 0.134 e. The maximum atomic E-state index is 4.30. The summed E-state index contributed by atoms with van der Waals surface area (Å²) in [7, 11) is 0. The summed E-state index contributed by atoms with van der Waals surface area (Å²) >= 11 is 0. The van der Waals surface area contributed by atoms with Crippen LogP contribution in [0.3, 0.4) is 0 Å². The summed E-state index contributed by atoms with van der Waals surface area (Å²) in [6.07, 6.45) is 3.77. The minimum absolute atomic E-state index is 0.866. The lowest BCUT2D eigenvalue weighted by atomic mass is 10.1. The van der Waals surface area contributed by atoms with Crippen molar-refractivity contribution in [2.45, 2.75) is 26.7 Å². The van der Waals surface area contributed by atoms with Crippen molar-refractivity contribution in [1.29, 1.82) is 0 Å². The highest BCUT2D eigenvalue weighted by molar-refractivity contribution is 5.56. The lowest BCUT2D eigenvalue weighted by Gasteiger charge is -2.11. The molecule has 2 N–H and O–H groups in total. The quantitative estimate of drug-likeness (QED) is 0.758. The largest absolute Gasteiger partial charge is 0.370 e. The van der Waals surface area contributed by atoms with Crippen LogP contribution < -0.4 is 10.6 Å².